The molecule has 0 saturated carbocycles. The standard InChI is InChI=1S/C21H23N3O3S/c25-18(22-12-10-16-8-5-13-28-16)14-24-19(26)21(23-20(24)27)11-4-3-7-15-6-1-2-9-17(15)21/h1-2,5-6,8-9,13H,3-4,7,10-12,14H2,(H,22,25)(H,23,27). The third kappa shape index (κ3) is 3.42. The number of fused-ring (bicyclic) bond motifs is 2. The minimum atomic E-state index is -1.04. The first-order valence-corrected chi connectivity index (χ1v) is 10.5. The fourth-order valence-corrected chi connectivity index (χ4v) is 4.81. The number of carbonyl (C=O) groups is 3. The van der Waals surface area contributed by atoms with Gasteiger partial charge in [0.25, 0.3) is 5.91 Å². The third-order valence-corrected chi connectivity index (χ3v) is 6.41. The summed E-state index contributed by atoms with van der Waals surface area (Å²) in [7, 11) is 0. The van der Waals surface area contributed by atoms with Crippen LogP contribution in [0.1, 0.15) is 35.3 Å². The molecule has 4 amide bonds. The van der Waals surface area contributed by atoms with Gasteiger partial charge < -0.3 is 10.6 Å². The largest absolute Gasteiger partial charge is 0.354 e. The van der Waals surface area contributed by atoms with E-state index in [1.165, 1.54) is 4.88 Å². The van der Waals surface area contributed by atoms with Gasteiger partial charge in [-0.2, -0.15) is 0 Å². The Morgan fingerprint density at radius 3 is 2.86 bits per heavy atom. The summed E-state index contributed by atoms with van der Waals surface area (Å²) in [4.78, 5) is 40.4. The van der Waals surface area contributed by atoms with E-state index in [4.69, 9.17) is 0 Å². The van der Waals surface area contributed by atoms with Crippen LogP contribution in [0, 0.1) is 0 Å². The third-order valence-electron chi connectivity index (χ3n) is 5.48. The number of amides is 4. The van der Waals surface area contributed by atoms with Crippen LogP contribution in [-0.4, -0.2) is 35.8 Å². The van der Waals surface area contributed by atoms with E-state index in [0.717, 1.165) is 41.7 Å². The van der Waals surface area contributed by atoms with Crippen LogP contribution in [-0.2, 0) is 28.0 Å². The number of aryl methyl sites for hydroxylation is 1. The second kappa shape index (κ2) is 7.75. The Hall–Kier alpha value is -2.67. The summed E-state index contributed by atoms with van der Waals surface area (Å²) < 4.78 is 0. The number of benzene rings is 1. The lowest BCUT2D eigenvalue weighted by Gasteiger charge is -2.27. The molecule has 0 bridgehead atoms. The van der Waals surface area contributed by atoms with Crippen molar-refractivity contribution in [1.82, 2.24) is 15.5 Å². The van der Waals surface area contributed by atoms with Crippen LogP contribution in [0.3, 0.4) is 0 Å². The Kier molecular flexibility index (Phi) is 5.17. The zero-order valence-electron chi connectivity index (χ0n) is 15.6. The maximum atomic E-state index is 13.3. The number of imide groups is 1. The van der Waals surface area contributed by atoms with Crippen LogP contribution in [0.15, 0.2) is 41.8 Å². The average Bonchev–Trinajstić information content (AvgIpc) is 3.23. The van der Waals surface area contributed by atoms with Gasteiger partial charge in [-0.05, 0) is 54.7 Å². The second-order valence-corrected chi connectivity index (χ2v) is 8.30. The molecule has 0 radical (unpaired) electrons. The molecule has 28 heavy (non-hydrogen) atoms. The molecule has 6 nitrogen and oxygen atoms in total. The zero-order valence-corrected chi connectivity index (χ0v) is 16.4. The van der Waals surface area contributed by atoms with Crippen LogP contribution >= 0.6 is 11.3 Å². The quantitative estimate of drug-likeness (QED) is 0.761. The van der Waals surface area contributed by atoms with Crippen LogP contribution in [0.25, 0.3) is 0 Å². The normalized spacial score (nSPS) is 21.4. The molecular weight excluding hydrogens is 374 g/mol. The van der Waals surface area contributed by atoms with Gasteiger partial charge in [-0.3, -0.25) is 14.5 Å². The number of hydrogen-bond acceptors (Lipinski definition) is 4. The topological polar surface area (TPSA) is 78.5 Å². The van der Waals surface area contributed by atoms with Crippen molar-refractivity contribution in [1.29, 1.82) is 0 Å². The summed E-state index contributed by atoms with van der Waals surface area (Å²) in [6.45, 7) is 0.232. The molecule has 4 rings (SSSR count). The Morgan fingerprint density at radius 1 is 1.18 bits per heavy atom. The zero-order chi connectivity index (χ0) is 19.6. The molecule has 2 N–H and O–H groups in total. The fraction of sp³-hybridized carbons (Fsp3) is 0.381. The lowest BCUT2D eigenvalue weighted by molar-refractivity contribution is -0.135. The van der Waals surface area contributed by atoms with Crippen LogP contribution in [0.4, 0.5) is 4.79 Å². The summed E-state index contributed by atoms with van der Waals surface area (Å²) in [6, 6.07) is 11.3. The van der Waals surface area contributed by atoms with Crippen molar-refractivity contribution >= 4 is 29.2 Å². The predicted molar refractivity (Wildman–Crippen MR) is 107 cm³/mol. The molecule has 1 aromatic carbocycles. The smallest absolute Gasteiger partial charge is 0.325 e. The van der Waals surface area contributed by atoms with Crippen LogP contribution < -0.4 is 10.6 Å². The van der Waals surface area contributed by atoms with E-state index in [0.29, 0.717) is 13.0 Å². The van der Waals surface area contributed by atoms with Crippen molar-refractivity contribution in [2.75, 3.05) is 13.1 Å². The van der Waals surface area contributed by atoms with Gasteiger partial charge in [0, 0.05) is 11.4 Å². The molecule has 2 aromatic rings. The molecule has 1 aliphatic carbocycles. The highest BCUT2D eigenvalue weighted by atomic mass is 32.1. The molecule has 1 spiro atoms. The van der Waals surface area contributed by atoms with Crippen molar-refractivity contribution in [3.05, 3.63) is 57.8 Å². The SMILES string of the molecule is O=C(CN1C(=O)NC2(CCCCc3ccccc32)C1=O)NCCc1cccs1. The van der Waals surface area contributed by atoms with Crippen molar-refractivity contribution in [2.45, 2.75) is 37.6 Å². The summed E-state index contributed by atoms with van der Waals surface area (Å²) >= 11 is 1.64. The molecule has 1 aromatic heterocycles. The second-order valence-electron chi connectivity index (χ2n) is 7.27. The number of rotatable bonds is 5. The van der Waals surface area contributed by atoms with E-state index in [9.17, 15) is 14.4 Å². The van der Waals surface area contributed by atoms with Gasteiger partial charge in [-0.1, -0.05) is 30.3 Å². The highest BCUT2D eigenvalue weighted by molar-refractivity contribution is 7.09. The van der Waals surface area contributed by atoms with E-state index in [-0.39, 0.29) is 18.4 Å². The molecule has 2 aliphatic rings. The minimum absolute atomic E-state index is 0.251. The summed E-state index contributed by atoms with van der Waals surface area (Å²) in [6.07, 6.45) is 4.02. The molecule has 1 saturated heterocycles. The molecule has 7 heteroatoms. The fourth-order valence-electron chi connectivity index (χ4n) is 4.10. The lowest BCUT2D eigenvalue weighted by Crippen LogP contribution is -2.45. The first-order chi connectivity index (χ1) is 13.6. The van der Waals surface area contributed by atoms with Crippen LogP contribution in [0.5, 0.6) is 0 Å². The maximum absolute atomic E-state index is 13.3. The molecule has 1 unspecified atom stereocenters. The first-order valence-electron chi connectivity index (χ1n) is 9.62. The van der Waals surface area contributed by atoms with Gasteiger partial charge in [0.2, 0.25) is 5.91 Å². The average molecular weight is 398 g/mol. The number of hydrogen-bond donors (Lipinski definition) is 2. The molecule has 1 fully saturated rings. The molecule has 146 valence electrons. The van der Waals surface area contributed by atoms with Gasteiger partial charge in [-0.25, -0.2) is 4.79 Å². The number of carbonyl (C=O) groups excluding carboxylic acids is 3. The van der Waals surface area contributed by atoms with Gasteiger partial charge in [0.05, 0.1) is 0 Å². The highest BCUT2D eigenvalue weighted by Crippen LogP contribution is 2.38. The number of urea groups is 1. The van der Waals surface area contributed by atoms with Gasteiger partial charge in [0.1, 0.15) is 12.1 Å². The Labute approximate surface area is 167 Å². The van der Waals surface area contributed by atoms with Gasteiger partial charge >= 0.3 is 6.03 Å². The van der Waals surface area contributed by atoms with E-state index >= 15 is 0 Å². The molecule has 1 atom stereocenters. The summed E-state index contributed by atoms with van der Waals surface area (Å²) in [5, 5.41) is 7.71. The van der Waals surface area contributed by atoms with E-state index in [2.05, 4.69) is 10.6 Å². The maximum Gasteiger partial charge on any atom is 0.325 e. The Bertz CT molecular complexity index is 896. The lowest BCUT2D eigenvalue weighted by atomic mass is 9.84. The summed E-state index contributed by atoms with van der Waals surface area (Å²) in [5.74, 6) is -0.640. The first kappa shape index (κ1) is 18.7. The van der Waals surface area contributed by atoms with E-state index in [1.807, 2.05) is 41.8 Å². The Morgan fingerprint density at radius 2 is 2.04 bits per heavy atom. The van der Waals surface area contributed by atoms with Crippen molar-refractivity contribution in [2.24, 2.45) is 0 Å². The number of nitrogens with zero attached hydrogens (tertiary/aromatic N) is 1. The highest BCUT2D eigenvalue weighted by Gasteiger charge is 2.53. The number of thiophene rings is 1. The van der Waals surface area contributed by atoms with E-state index in [1.54, 1.807) is 11.3 Å². The molecule has 2 heterocycles. The van der Waals surface area contributed by atoms with Crippen molar-refractivity contribution in [3.63, 3.8) is 0 Å². The van der Waals surface area contributed by atoms with Crippen LogP contribution in [0.2, 0.25) is 0 Å². The molecular formula is C21H23N3O3S. The molecule has 1 aliphatic heterocycles. The van der Waals surface area contributed by atoms with Gasteiger partial charge in [0.15, 0.2) is 0 Å². The van der Waals surface area contributed by atoms with Crippen molar-refractivity contribution in [3.8, 4) is 0 Å². The monoisotopic (exact) mass is 397 g/mol. The van der Waals surface area contributed by atoms with Gasteiger partial charge in [-0.15, -0.1) is 11.3 Å². The minimum Gasteiger partial charge on any atom is -0.354 e. The predicted octanol–water partition coefficient (Wildman–Crippen LogP) is 2.58. The van der Waals surface area contributed by atoms with E-state index < -0.39 is 11.6 Å². The van der Waals surface area contributed by atoms with Crippen molar-refractivity contribution < 1.29 is 14.4 Å². The summed E-state index contributed by atoms with van der Waals surface area (Å²) in [5.41, 5.74) is 0.920. The number of nitrogens with one attached hydrogen (secondary N) is 2. The Balaban J connectivity index is 1.46.